The number of carboxylic acids is 1. The molecular weight excluding hydrogens is 876 g/mol. The number of hydrogen-bond donors (Lipinski definition) is 2. The van der Waals surface area contributed by atoms with Gasteiger partial charge in [-0.3, -0.25) is 15.0 Å². The van der Waals surface area contributed by atoms with Gasteiger partial charge >= 0.3 is 88.7 Å². The molecule has 0 spiro atoms. The average Bonchev–Trinajstić information content (AvgIpc) is 3.18. The molecule has 18 nitrogen and oxygen atoms in total. The Morgan fingerprint density at radius 1 is 0.694 bits per heavy atom. The van der Waals surface area contributed by atoms with Crippen LogP contribution in [0.25, 0.3) is 10.8 Å². The Morgan fingerprint density at radius 2 is 1.34 bits per heavy atom. The Bertz CT molecular complexity index is 2980. The number of carboxylic acid groups (broad SMARTS) is 1. The van der Waals surface area contributed by atoms with E-state index in [9.17, 15) is 45.4 Å². The van der Waals surface area contributed by atoms with Crippen molar-refractivity contribution in [3.63, 3.8) is 0 Å². The van der Waals surface area contributed by atoms with E-state index < -0.39 is 53.3 Å². The fraction of sp³-hybridized carbons (Fsp3) is 0.0769. The van der Waals surface area contributed by atoms with Gasteiger partial charge in [0.1, 0.15) is 26.0 Å². The van der Waals surface area contributed by atoms with E-state index in [1.54, 1.807) is 56.3 Å². The molecule has 0 saturated heterocycles. The molecule has 0 aliphatic heterocycles. The molecule has 0 bridgehead atoms. The van der Waals surface area contributed by atoms with Crippen LogP contribution >= 0.6 is 0 Å². The number of nitrogens with zero attached hydrogens (tertiary/aromatic N) is 5. The van der Waals surface area contributed by atoms with E-state index in [4.69, 9.17) is 4.74 Å². The summed E-state index contributed by atoms with van der Waals surface area (Å²) in [7, 11) is -8.71. The monoisotopic (exact) mass is 903 g/mol. The van der Waals surface area contributed by atoms with Crippen molar-refractivity contribution >= 4 is 88.5 Å². The second-order valence-corrected chi connectivity index (χ2v) is 15.3. The number of aliphatic carboxylic acids is 1. The number of anilines is 2. The number of aryl methyl sites for hydroxylation is 2. The number of rotatable bonds is 12. The number of nitrogens with one attached hydrogen (secondary N) is 2. The maximum atomic E-state index is 13.1. The van der Waals surface area contributed by atoms with E-state index in [0.717, 1.165) is 36.4 Å². The van der Waals surface area contributed by atoms with Crippen molar-refractivity contribution in [3.8, 4) is 5.75 Å². The number of allylic oxidation sites excluding steroid dienone is 3. The van der Waals surface area contributed by atoms with E-state index in [1.165, 1.54) is 31.4 Å². The molecule has 0 atom stereocenters. The van der Waals surface area contributed by atoms with Gasteiger partial charge in [0.15, 0.2) is 5.78 Å². The Hall–Kier alpha value is -4.26. The van der Waals surface area contributed by atoms with Gasteiger partial charge in [-0.15, -0.1) is 0 Å². The van der Waals surface area contributed by atoms with Gasteiger partial charge in [-0.25, -0.2) is 16.8 Å². The molecule has 6 rings (SSSR count). The zero-order valence-electron chi connectivity index (χ0n) is 33.9. The number of benzene rings is 5. The quantitative estimate of drug-likeness (QED) is 0.0316. The summed E-state index contributed by atoms with van der Waals surface area (Å²) in [5, 5.41) is 34.2. The second-order valence-electron chi connectivity index (χ2n) is 12.6. The van der Waals surface area contributed by atoms with Crippen molar-refractivity contribution < 1.29 is 139 Å². The Kier molecular flexibility index (Phi) is 18.4. The summed E-state index contributed by atoms with van der Waals surface area (Å²) >= 11 is 0. The Balaban J connectivity index is 0.00000341. The standard InChI is InChI=1S/C39H31N7O11S2.3Na/c1-21-15-25(11-13-31(21)45-44-27-18-29-28(37(19-27)59(54,55)56)5-4-6-36(29)58(51,52)53)43-46-32-20-35(57-3)33(16-22(32)2)40-38(48)23-7-9-24(10-8-23)41-42-26-12-14-34(47)30(17-26)39(49)50;;;/h4-20,41H,1-3H3,(H,40,48)(H,49,50)(H,51,52,53)(H,54,55,56);;;/q;3*+1/p-3. The van der Waals surface area contributed by atoms with Gasteiger partial charge in [0.05, 0.1) is 62.7 Å². The zero-order valence-corrected chi connectivity index (χ0v) is 41.5. The molecule has 1 amide bonds. The molecule has 2 N–H and O–H groups in total. The number of fused-ring (bicyclic) bond motifs is 1. The molecule has 0 unspecified atom stereocenters. The fourth-order valence-corrected chi connectivity index (χ4v) is 7.04. The first kappa shape index (κ1) is 52.1. The third kappa shape index (κ3) is 12.7. The largest absolute Gasteiger partial charge is 1.00 e. The molecule has 0 saturated carbocycles. The van der Waals surface area contributed by atoms with E-state index in [-0.39, 0.29) is 111 Å². The van der Waals surface area contributed by atoms with Crippen LogP contribution in [0.5, 0.6) is 5.75 Å². The summed E-state index contributed by atoms with van der Waals surface area (Å²) in [5.41, 5.74) is 5.73. The number of carbonyl (C=O) groups excluding carboxylic acids is 3. The summed E-state index contributed by atoms with van der Waals surface area (Å²) in [6.45, 7) is 3.45. The SMILES string of the molecule is COc1cc(N=Nc2ccc(N=Nc3cc(S(=O)(=O)[O-])c4cccc(S(=O)(=O)[O-])c4c3)c(C)c2)c(C)cc1NC(=O)c1ccc(NN=C2C=CC(=O)C(C(=O)[O-])=C2)cc1.[Na+].[Na+].[Na+]. The van der Waals surface area contributed by atoms with Gasteiger partial charge in [-0.1, -0.05) is 12.1 Å². The predicted octanol–water partition coefficient (Wildman–Crippen LogP) is -3.05. The average molecular weight is 904 g/mol. The fourth-order valence-electron chi connectivity index (χ4n) is 5.65. The van der Waals surface area contributed by atoms with Crippen LogP contribution in [-0.2, 0) is 29.8 Å². The van der Waals surface area contributed by atoms with Gasteiger partial charge in [0.2, 0.25) is 0 Å². The van der Waals surface area contributed by atoms with E-state index in [1.807, 2.05) is 0 Å². The zero-order chi connectivity index (χ0) is 42.6. The summed E-state index contributed by atoms with van der Waals surface area (Å²) in [5.74, 6) is -2.46. The molecule has 1 aliphatic rings. The molecule has 300 valence electrons. The Labute approximate surface area is 421 Å². The molecule has 62 heavy (non-hydrogen) atoms. The minimum atomic E-state index is -5.10. The molecule has 0 heterocycles. The number of methoxy groups -OCH3 is 1. The van der Waals surface area contributed by atoms with Crippen LogP contribution in [0.3, 0.4) is 0 Å². The normalized spacial score (nSPS) is 13.3. The summed E-state index contributed by atoms with van der Waals surface area (Å²) in [6.07, 6.45) is 3.50. The van der Waals surface area contributed by atoms with Gasteiger partial charge < -0.3 is 29.1 Å². The number of ether oxygens (including phenoxy) is 1. The Morgan fingerprint density at radius 3 is 1.97 bits per heavy atom. The number of ketones is 1. The van der Waals surface area contributed by atoms with Crippen molar-refractivity contribution in [2.75, 3.05) is 17.9 Å². The van der Waals surface area contributed by atoms with Crippen LogP contribution in [0.4, 0.5) is 34.1 Å². The number of hydrazone groups is 1. The molecule has 5 aromatic rings. The predicted molar refractivity (Wildman–Crippen MR) is 210 cm³/mol. The van der Waals surface area contributed by atoms with Crippen molar-refractivity contribution in [1.29, 1.82) is 0 Å². The van der Waals surface area contributed by atoms with Crippen LogP contribution in [0.2, 0.25) is 0 Å². The van der Waals surface area contributed by atoms with Gasteiger partial charge in [0.25, 0.3) is 5.91 Å². The van der Waals surface area contributed by atoms with Crippen LogP contribution in [-0.4, -0.2) is 56.4 Å². The minimum absolute atomic E-state index is 0. The molecule has 0 radical (unpaired) electrons. The second kappa shape index (κ2) is 21.9. The van der Waals surface area contributed by atoms with Crippen LogP contribution in [0, 0.1) is 13.8 Å². The summed E-state index contributed by atoms with van der Waals surface area (Å²) < 4.78 is 77.1. The minimum Gasteiger partial charge on any atom is -0.744 e. The summed E-state index contributed by atoms with van der Waals surface area (Å²) in [6, 6.07) is 19.7. The molecule has 23 heteroatoms. The number of carbonyl (C=O) groups is 3. The van der Waals surface area contributed by atoms with Gasteiger partial charge in [-0.2, -0.15) is 25.6 Å². The molecule has 1 aliphatic carbocycles. The first-order valence-corrected chi connectivity index (χ1v) is 19.7. The third-order valence-corrected chi connectivity index (χ3v) is 10.3. The molecule has 0 aromatic heterocycles. The van der Waals surface area contributed by atoms with Gasteiger partial charge in [-0.05, 0) is 110 Å². The van der Waals surface area contributed by atoms with Crippen LogP contribution < -0.4 is 109 Å². The van der Waals surface area contributed by atoms with Gasteiger partial charge in [0, 0.05) is 28.0 Å². The molecule has 0 fully saturated rings. The summed E-state index contributed by atoms with van der Waals surface area (Å²) in [4.78, 5) is 34.4. The number of hydrogen-bond acceptors (Lipinski definition) is 17. The van der Waals surface area contributed by atoms with E-state index >= 15 is 0 Å². The van der Waals surface area contributed by atoms with Crippen molar-refractivity contribution in [1.82, 2.24) is 0 Å². The number of amides is 1. The number of azo groups is 2. The topological polar surface area (TPSA) is 284 Å². The molecular formula is C39H28N7Na3O11S2. The van der Waals surface area contributed by atoms with Crippen molar-refractivity contribution in [3.05, 3.63) is 125 Å². The maximum absolute atomic E-state index is 13.1. The molecule has 5 aromatic carbocycles. The van der Waals surface area contributed by atoms with E-state index in [0.29, 0.717) is 50.9 Å². The third-order valence-electron chi connectivity index (χ3n) is 8.58. The maximum Gasteiger partial charge on any atom is 1.00 e. The first-order valence-electron chi connectivity index (χ1n) is 16.9. The smallest absolute Gasteiger partial charge is 0.744 e. The van der Waals surface area contributed by atoms with E-state index in [2.05, 4.69) is 36.3 Å². The van der Waals surface area contributed by atoms with Crippen molar-refractivity contribution in [2.45, 2.75) is 23.6 Å². The van der Waals surface area contributed by atoms with Crippen LogP contribution in [0.1, 0.15) is 21.5 Å². The first-order chi connectivity index (χ1) is 27.9. The van der Waals surface area contributed by atoms with Crippen LogP contribution in [0.15, 0.2) is 144 Å². The van der Waals surface area contributed by atoms with Crippen molar-refractivity contribution in [2.24, 2.45) is 25.6 Å².